The second-order valence-electron chi connectivity index (χ2n) is 5.33. The van der Waals surface area contributed by atoms with Gasteiger partial charge in [0.05, 0.1) is 6.42 Å². The Morgan fingerprint density at radius 2 is 1.77 bits per heavy atom. The largest absolute Gasteiger partial charge is 0.338 e. The number of amides is 1. The minimum atomic E-state index is -0.257. The molecule has 0 unspecified atom stereocenters. The van der Waals surface area contributed by atoms with Crippen LogP contribution in [0, 0.1) is 5.82 Å². The summed E-state index contributed by atoms with van der Waals surface area (Å²) in [6, 6.07) is 10.0. The number of rotatable bonds is 7. The molecule has 116 valence electrons. The van der Waals surface area contributed by atoms with Gasteiger partial charge in [0.1, 0.15) is 5.82 Å². The number of pyridine rings is 1. The van der Waals surface area contributed by atoms with E-state index in [0.29, 0.717) is 13.0 Å². The van der Waals surface area contributed by atoms with Gasteiger partial charge in [-0.1, -0.05) is 25.5 Å². The molecule has 2 aromatic rings. The van der Waals surface area contributed by atoms with Crippen LogP contribution >= 0.6 is 0 Å². The summed E-state index contributed by atoms with van der Waals surface area (Å²) in [5.74, 6) is -0.170. The second kappa shape index (κ2) is 8.27. The van der Waals surface area contributed by atoms with Gasteiger partial charge in [0, 0.05) is 25.5 Å². The third-order valence-electron chi connectivity index (χ3n) is 3.53. The molecule has 1 amide bonds. The molecule has 0 aliphatic heterocycles. The normalized spacial score (nSPS) is 10.5. The van der Waals surface area contributed by atoms with Crippen molar-refractivity contribution in [2.45, 2.75) is 32.7 Å². The van der Waals surface area contributed by atoms with Crippen LogP contribution in [-0.2, 0) is 17.8 Å². The van der Waals surface area contributed by atoms with E-state index < -0.39 is 0 Å². The van der Waals surface area contributed by atoms with Gasteiger partial charge in [-0.3, -0.25) is 9.78 Å². The quantitative estimate of drug-likeness (QED) is 0.783. The lowest BCUT2D eigenvalue weighted by molar-refractivity contribution is -0.131. The van der Waals surface area contributed by atoms with Crippen LogP contribution in [-0.4, -0.2) is 22.3 Å². The maximum atomic E-state index is 13.0. The molecule has 0 aliphatic rings. The van der Waals surface area contributed by atoms with Crippen molar-refractivity contribution in [3.63, 3.8) is 0 Å². The maximum Gasteiger partial charge on any atom is 0.227 e. The summed E-state index contributed by atoms with van der Waals surface area (Å²) >= 11 is 0. The van der Waals surface area contributed by atoms with Gasteiger partial charge in [-0.2, -0.15) is 0 Å². The van der Waals surface area contributed by atoms with E-state index in [0.717, 1.165) is 30.5 Å². The first kappa shape index (κ1) is 16.1. The van der Waals surface area contributed by atoms with E-state index in [1.165, 1.54) is 12.1 Å². The number of unbranched alkanes of at least 4 members (excludes halogenated alkanes) is 1. The van der Waals surface area contributed by atoms with Gasteiger partial charge < -0.3 is 4.90 Å². The number of hydrogen-bond acceptors (Lipinski definition) is 2. The molecule has 1 aromatic heterocycles. The van der Waals surface area contributed by atoms with Crippen molar-refractivity contribution in [2.75, 3.05) is 6.54 Å². The zero-order valence-corrected chi connectivity index (χ0v) is 12.8. The average Bonchev–Trinajstić information content (AvgIpc) is 2.54. The van der Waals surface area contributed by atoms with E-state index in [9.17, 15) is 9.18 Å². The molecule has 0 atom stereocenters. The van der Waals surface area contributed by atoms with Gasteiger partial charge in [0.2, 0.25) is 5.91 Å². The molecule has 0 saturated heterocycles. The monoisotopic (exact) mass is 300 g/mol. The van der Waals surface area contributed by atoms with E-state index in [1.807, 2.05) is 17.0 Å². The van der Waals surface area contributed by atoms with Crippen LogP contribution < -0.4 is 0 Å². The lowest BCUT2D eigenvalue weighted by Gasteiger charge is -2.23. The molecular weight excluding hydrogens is 279 g/mol. The van der Waals surface area contributed by atoms with Gasteiger partial charge in [-0.25, -0.2) is 4.39 Å². The maximum absolute atomic E-state index is 13.0. The lowest BCUT2D eigenvalue weighted by atomic mass is 10.1. The van der Waals surface area contributed by atoms with Crippen LogP contribution in [0.3, 0.4) is 0 Å². The number of nitrogens with zero attached hydrogens (tertiary/aromatic N) is 2. The Morgan fingerprint density at radius 1 is 1.09 bits per heavy atom. The predicted molar refractivity (Wildman–Crippen MR) is 84.7 cm³/mol. The number of hydrogen-bond donors (Lipinski definition) is 0. The Labute approximate surface area is 130 Å². The summed E-state index contributed by atoms with van der Waals surface area (Å²) < 4.78 is 13.0. The topological polar surface area (TPSA) is 33.2 Å². The highest BCUT2D eigenvalue weighted by Crippen LogP contribution is 2.10. The highest BCUT2D eigenvalue weighted by atomic mass is 19.1. The minimum absolute atomic E-state index is 0.0870. The van der Waals surface area contributed by atoms with E-state index in [4.69, 9.17) is 0 Å². The summed E-state index contributed by atoms with van der Waals surface area (Å²) in [6.45, 7) is 3.34. The number of halogens is 1. The molecule has 1 heterocycles. The number of aromatic nitrogens is 1. The Morgan fingerprint density at radius 3 is 2.41 bits per heavy atom. The summed E-state index contributed by atoms with van der Waals surface area (Å²) in [5.41, 5.74) is 1.90. The molecule has 0 spiro atoms. The molecule has 1 aromatic carbocycles. The first-order valence-corrected chi connectivity index (χ1v) is 7.60. The van der Waals surface area contributed by atoms with E-state index in [2.05, 4.69) is 11.9 Å². The third kappa shape index (κ3) is 4.95. The Bertz CT molecular complexity index is 584. The first-order valence-electron chi connectivity index (χ1n) is 7.60. The number of benzene rings is 1. The smallest absolute Gasteiger partial charge is 0.227 e. The van der Waals surface area contributed by atoms with Crippen molar-refractivity contribution < 1.29 is 9.18 Å². The SMILES string of the molecule is CCCCN(Cc1ccc(F)cc1)C(=O)Cc1ccncc1. The van der Waals surface area contributed by atoms with Crippen LogP contribution in [0.15, 0.2) is 48.8 Å². The van der Waals surface area contributed by atoms with Crippen molar-refractivity contribution >= 4 is 5.91 Å². The van der Waals surface area contributed by atoms with Crippen molar-refractivity contribution in [3.8, 4) is 0 Å². The Hall–Kier alpha value is -2.23. The standard InChI is InChI=1S/C18H21FN2O/c1-2-3-12-21(14-16-4-6-17(19)7-5-16)18(22)13-15-8-10-20-11-9-15/h4-11H,2-3,12-14H2,1H3. The summed E-state index contributed by atoms with van der Waals surface area (Å²) in [7, 11) is 0. The number of carbonyl (C=O) groups is 1. The minimum Gasteiger partial charge on any atom is -0.338 e. The van der Waals surface area contributed by atoms with E-state index in [-0.39, 0.29) is 11.7 Å². The average molecular weight is 300 g/mol. The van der Waals surface area contributed by atoms with Crippen molar-refractivity contribution in [1.82, 2.24) is 9.88 Å². The lowest BCUT2D eigenvalue weighted by Crippen LogP contribution is -2.32. The van der Waals surface area contributed by atoms with Gasteiger partial charge in [0.25, 0.3) is 0 Å². The fraction of sp³-hybridized carbons (Fsp3) is 0.333. The van der Waals surface area contributed by atoms with Crippen LogP contribution in [0.25, 0.3) is 0 Å². The molecule has 3 nitrogen and oxygen atoms in total. The fourth-order valence-corrected chi connectivity index (χ4v) is 2.24. The summed E-state index contributed by atoms with van der Waals surface area (Å²) in [4.78, 5) is 18.3. The number of carbonyl (C=O) groups excluding carboxylic acids is 1. The molecule has 22 heavy (non-hydrogen) atoms. The van der Waals surface area contributed by atoms with Crippen LogP contribution in [0.2, 0.25) is 0 Å². The first-order chi connectivity index (χ1) is 10.7. The van der Waals surface area contributed by atoms with Crippen LogP contribution in [0.4, 0.5) is 4.39 Å². The van der Waals surface area contributed by atoms with Crippen molar-refractivity contribution in [3.05, 3.63) is 65.7 Å². The summed E-state index contributed by atoms with van der Waals surface area (Å²) in [6.07, 6.45) is 5.75. The predicted octanol–water partition coefficient (Wildman–Crippen LogP) is 3.59. The van der Waals surface area contributed by atoms with Crippen LogP contribution in [0.5, 0.6) is 0 Å². The second-order valence-corrected chi connectivity index (χ2v) is 5.33. The third-order valence-corrected chi connectivity index (χ3v) is 3.53. The molecule has 0 saturated carbocycles. The van der Waals surface area contributed by atoms with E-state index >= 15 is 0 Å². The molecule has 4 heteroatoms. The highest BCUT2D eigenvalue weighted by Gasteiger charge is 2.14. The molecule has 2 rings (SSSR count). The molecule has 0 N–H and O–H groups in total. The summed E-state index contributed by atoms with van der Waals surface area (Å²) in [5, 5.41) is 0. The Balaban J connectivity index is 2.04. The van der Waals surface area contributed by atoms with E-state index in [1.54, 1.807) is 24.5 Å². The van der Waals surface area contributed by atoms with Gasteiger partial charge in [-0.15, -0.1) is 0 Å². The molecule has 0 radical (unpaired) electrons. The van der Waals surface area contributed by atoms with Gasteiger partial charge in [-0.05, 0) is 41.8 Å². The zero-order valence-electron chi connectivity index (χ0n) is 12.8. The fourth-order valence-electron chi connectivity index (χ4n) is 2.24. The van der Waals surface area contributed by atoms with Crippen LogP contribution in [0.1, 0.15) is 30.9 Å². The Kier molecular flexibility index (Phi) is 6.07. The molecular formula is C18H21FN2O. The van der Waals surface area contributed by atoms with Gasteiger partial charge in [0.15, 0.2) is 0 Å². The van der Waals surface area contributed by atoms with Crippen molar-refractivity contribution in [1.29, 1.82) is 0 Å². The van der Waals surface area contributed by atoms with Crippen molar-refractivity contribution in [2.24, 2.45) is 0 Å². The highest BCUT2D eigenvalue weighted by molar-refractivity contribution is 5.78. The molecule has 0 bridgehead atoms. The zero-order chi connectivity index (χ0) is 15.8. The van der Waals surface area contributed by atoms with Gasteiger partial charge >= 0.3 is 0 Å². The molecule has 0 aliphatic carbocycles. The molecule has 0 fully saturated rings.